The molecule has 1 atom stereocenters. The van der Waals surface area contributed by atoms with Crippen LogP contribution in [0.2, 0.25) is 0 Å². The maximum Gasteiger partial charge on any atom is 0.433 e. The number of nitrogens with zero attached hydrogens (tertiary/aromatic N) is 2. The number of carbonyl (C=O) groups is 3. The molecule has 0 spiro atoms. The van der Waals surface area contributed by atoms with Crippen molar-refractivity contribution in [3.05, 3.63) is 0 Å². The second-order valence-corrected chi connectivity index (χ2v) is 4.44. The van der Waals surface area contributed by atoms with E-state index in [0.29, 0.717) is 12.8 Å². The Morgan fingerprint density at radius 1 is 1.22 bits per heavy atom. The third kappa shape index (κ3) is 9.14. The van der Waals surface area contributed by atoms with E-state index in [1.807, 2.05) is 0 Å². The fraction of sp³-hybridized carbons (Fsp3) is 0.667. The standard InChI is InChI=1S/C12H23N5O6/c1-8(16-22-11(20)14-2)17(23-12(21)15-3)7-5-4-6-9(13)10(18)19/h9H,4-7,13H2,1-3H3,(H,14,20)(H,15,21)(H,18,19)/t9-/m0/s1. The van der Waals surface area contributed by atoms with Crippen LogP contribution < -0.4 is 16.4 Å². The lowest BCUT2D eigenvalue weighted by Crippen LogP contribution is -2.37. The van der Waals surface area contributed by atoms with E-state index in [2.05, 4.69) is 20.6 Å². The third-order valence-electron chi connectivity index (χ3n) is 2.67. The lowest BCUT2D eigenvalue weighted by Gasteiger charge is -2.21. The molecule has 0 bridgehead atoms. The lowest BCUT2D eigenvalue weighted by molar-refractivity contribution is -0.138. The number of nitrogens with one attached hydrogen (secondary N) is 2. The molecular weight excluding hydrogens is 310 g/mol. The molecule has 0 aromatic carbocycles. The summed E-state index contributed by atoms with van der Waals surface area (Å²) in [6.45, 7) is 1.71. The summed E-state index contributed by atoms with van der Waals surface area (Å²) in [4.78, 5) is 42.4. The van der Waals surface area contributed by atoms with Crippen LogP contribution in [-0.4, -0.2) is 60.8 Å². The summed E-state index contributed by atoms with van der Waals surface area (Å²) in [5.74, 6) is -0.931. The van der Waals surface area contributed by atoms with Crippen molar-refractivity contribution < 1.29 is 29.2 Å². The van der Waals surface area contributed by atoms with Crippen molar-refractivity contribution in [2.45, 2.75) is 32.2 Å². The molecular formula is C12H23N5O6. The third-order valence-corrected chi connectivity index (χ3v) is 2.67. The maximum absolute atomic E-state index is 11.3. The van der Waals surface area contributed by atoms with Gasteiger partial charge in [0.15, 0.2) is 5.84 Å². The average Bonchev–Trinajstić information content (AvgIpc) is 2.54. The number of carbonyl (C=O) groups excluding carboxylic acids is 2. The zero-order valence-electron chi connectivity index (χ0n) is 13.4. The quantitative estimate of drug-likeness (QED) is 0.164. The zero-order valence-corrected chi connectivity index (χ0v) is 13.4. The van der Waals surface area contributed by atoms with Crippen LogP contribution in [0.4, 0.5) is 9.59 Å². The summed E-state index contributed by atoms with van der Waals surface area (Å²) in [5.41, 5.74) is 5.40. The van der Waals surface area contributed by atoms with Gasteiger partial charge in [0.25, 0.3) is 0 Å². The summed E-state index contributed by atoms with van der Waals surface area (Å²) in [5, 5.41) is 17.8. The van der Waals surface area contributed by atoms with Gasteiger partial charge in [0.1, 0.15) is 6.04 Å². The lowest BCUT2D eigenvalue weighted by atomic mass is 10.1. The van der Waals surface area contributed by atoms with Gasteiger partial charge in [-0.1, -0.05) is 5.16 Å². The first kappa shape index (κ1) is 20.4. The predicted octanol–water partition coefficient (Wildman–Crippen LogP) is -0.169. The fourth-order valence-electron chi connectivity index (χ4n) is 1.36. The Morgan fingerprint density at radius 2 is 1.83 bits per heavy atom. The molecule has 2 amide bonds. The van der Waals surface area contributed by atoms with Gasteiger partial charge >= 0.3 is 18.2 Å². The van der Waals surface area contributed by atoms with Gasteiger partial charge in [-0.2, -0.15) is 5.06 Å². The van der Waals surface area contributed by atoms with E-state index in [-0.39, 0.29) is 18.8 Å². The highest BCUT2D eigenvalue weighted by Gasteiger charge is 2.15. The van der Waals surface area contributed by atoms with Crippen LogP contribution in [0.3, 0.4) is 0 Å². The molecule has 0 heterocycles. The van der Waals surface area contributed by atoms with Gasteiger partial charge in [0.05, 0.1) is 6.54 Å². The first-order chi connectivity index (χ1) is 10.8. The molecule has 0 aromatic heterocycles. The predicted molar refractivity (Wildman–Crippen MR) is 80.4 cm³/mol. The molecule has 0 aromatic rings. The van der Waals surface area contributed by atoms with Gasteiger partial charge in [0.2, 0.25) is 0 Å². The summed E-state index contributed by atoms with van der Waals surface area (Å²) < 4.78 is 0. The van der Waals surface area contributed by atoms with E-state index >= 15 is 0 Å². The Bertz CT molecular complexity index is 442. The number of hydroxylamine groups is 2. The minimum atomic E-state index is -1.07. The second-order valence-electron chi connectivity index (χ2n) is 4.44. The Balaban J connectivity index is 4.53. The van der Waals surface area contributed by atoms with Crippen molar-refractivity contribution in [1.82, 2.24) is 15.7 Å². The first-order valence-electron chi connectivity index (χ1n) is 6.90. The fourth-order valence-corrected chi connectivity index (χ4v) is 1.36. The molecule has 0 saturated heterocycles. The molecule has 11 heteroatoms. The number of amidine groups is 1. The minimum Gasteiger partial charge on any atom is -0.480 e. The van der Waals surface area contributed by atoms with Crippen LogP contribution in [-0.2, 0) is 14.5 Å². The normalized spacial score (nSPS) is 12.1. The Kier molecular flexibility index (Phi) is 9.83. The van der Waals surface area contributed by atoms with Crippen LogP contribution >= 0.6 is 0 Å². The van der Waals surface area contributed by atoms with E-state index in [1.165, 1.54) is 21.0 Å². The topological polar surface area (TPSA) is 156 Å². The largest absolute Gasteiger partial charge is 0.480 e. The van der Waals surface area contributed by atoms with Gasteiger partial charge in [-0.05, 0) is 19.3 Å². The van der Waals surface area contributed by atoms with Crippen molar-refractivity contribution in [3.63, 3.8) is 0 Å². The highest BCUT2D eigenvalue weighted by atomic mass is 16.7. The number of unbranched alkanes of at least 4 members (excludes halogenated alkanes) is 1. The number of hydrogen-bond donors (Lipinski definition) is 4. The van der Waals surface area contributed by atoms with Gasteiger partial charge < -0.3 is 26.3 Å². The molecule has 0 unspecified atom stereocenters. The van der Waals surface area contributed by atoms with Crippen LogP contribution in [0.25, 0.3) is 0 Å². The molecule has 0 rings (SSSR count). The smallest absolute Gasteiger partial charge is 0.433 e. The SMILES string of the molecule is CNC(=O)ON=C(C)N(CCCC[C@H](N)C(=O)O)OC(=O)NC. The van der Waals surface area contributed by atoms with Crippen molar-refractivity contribution in [3.8, 4) is 0 Å². The highest BCUT2D eigenvalue weighted by Crippen LogP contribution is 2.04. The van der Waals surface area contributed by atoms with Gasteiger partial charge in [-0.3, -0.25) is 9.63 Å². The molecule has 0 fully saturated rings. The molecule has 0 aliphatic heterocycles. The van der Waals surface area contributed by atoms with Crippen LogP contribution in [0.5, 0.6) is 0 Å². The van der Waals surface area contributed by atoms with Gasteiger partial charge in [-0.15, -0.1) is 0 Å². The Labute approximate surface area is 133 Å². The average molecular weight is 333 g/mol. The van der Waals surface area contributed by atoms with Crippen LogP contribution in [0.1, 0.15) is 26.2 Å². The minimum absolute atomic E-state index is 0.139. The first-order valence-corrected chi connectivity index (χ1v) is 6.90. The van der Waals surface area contributed by atoms with E-state index < -0.39 is 24.2 Å². The van der Waals surface area contributed by atoms with Gasteiger partial charge in [-0.25, -0.2) is 9.59 Å². The Hall–Kier alpha value is -2.56. The van der Waals surface area contributed by atoms with Crippen molar-refractivity contribution >= 4 is 24.0 Å². The zero-order chi connectivity index (χ0) is 17.8. The molecule has 132 valence electrons. The molecule has 23 heavy (non-hydrogen) atoms. The van der Waals surface area contributed by atoms with E-state index in [9.17, 15) is 14.4 Å². The second kappa shape index (κ2) is 11.1. The van der Waals surface area contributed by atoms with E-state index in [4.69, 9.17) is 15.7 Å². The van der Waals surface area contributed by atoms with Crippen molar-refractivity contribution in [2.75, 3.05) is 20.6 Å². The van der Waals surface area contributed by atoms with Crippen molar-refractivity contribution in [1.29, 1.82) is 0 Å². The highest BCUT2D eigenvalue weighted by molar-refractivity contribution is 5.81. The van der Waals surface area contributed by atoms with E-state index in [0.717, 1.165) is 5.06 Å². The molecule has 11 nitrogen and oxygen atoms in total. The molecule has 0 saturated carbocycles. The van der Waals surface area contributed by atoms with Crippen LogP contribution in [0.15, 0.2) is 5.16 Å². The number of nitrogens with two attached hydrogens (primary N) is 1. The van der Waals surface area contributed by atoms with E-state index in [1.54, 1.807) is 0 Å². The van der Waals surface area contributed by atoms with Gasteiger partial charge in [0, 0.05) is 21.0 Å². The number of rotatable bonds is 7. The van der Waals surface area contributed by atoms with Crippen LogP contribution in [0, 0.1) is 0 Å². The number of aliphatic carboxylic acids is 1. The summed E-state index contributed by atoms with van der Waals surface area (Å²) in [6, 6.07) is -0.936. The maximum atomic E-state index is 11.3. The molecule has 0 aliphatic carbocycles. The number of oxime groups is 1. The number of carboxylic acid groups (broad SMARTS) is 1. The monoisotopic (exact) mass is 333 g/mol. The summed E-state index contributed by atoms with van der Waals surface area (Å²) >= 11 is 0. The summed E-state index contributed by atoms with van der Waals surface area (Å²) in [7, 11) is 2.76. The number of amides is 2. The van der Waals surface area contributed by atoms with Crippen molar-refractivity contribution in [2.24, 2.45) is 10.9 Å². The Morgan fingerprint density at radius 3 is 2.35 bits per heavy atom. The molecule has 0 radical (unpaired) electrons. The summed E-state index contributed by atoms with van der Waals surface area (Å²) in [6.07, 6.45) is -0.206. The molecule has 5 N–H and O–H groups in total. The number of carboxylic acids is 1. The number of hydrogen-bond acceptors (Lipinski definition) is 7. The molecule has 0 aliphatic rings.